The van der Waals surface area contributed by atoms with E-state index in [0.717, 1.165) is 6.42 Å². The summed E-state index contributed by atoms with van der Waals surface area (Å²) in [6, 6.07) is 0.00220. The first-order valence-electron chi connectivity index (χ1n) is 6.41. The Hall–Kier alpha value is -1.30. The summed E-state index contributed by atoms with van der Waals surface area (Å²) in [5.41, 5.74) is 0. The minimum atomic E-state index is 0.00220. The number of rotatable bonds is 4. The van der Waals surface area contributed by atoms with Gasteiger partial charge in [-0.25, -0.2) is 4.79 Å². The Labute approximate surface area is 108 Å². The monoisotopic (exact) mass is 257 g/mol. The van der Waals surface area contributed by atoms with Crippen LogP contribution in [0.1, 0.15) is 19.3 Å². The van der Waals surface area contributed by atoms with Crippen molar-refractivity contribution in [3.8, 4) is 0 Å². The second-order valence-electron chi connectivity index (χ2n) is 4.73. The van der Waals surface area contributed by atoms with Crippen LogP contribution < -0.4 is 0 Å². The first-order valence-corrected chi connectivity index (χ1v) is 6.41. The number of piperazine rings is 1. The number of hydrogen-bond donors (Lipinski definition) is 1. The Morgan fingerprint density at radius 3 is 2.11 bits per heavy atom. The highest BCUT2D eigenvalue weighted by atomic mass is 16.3. The molecule has 6 heteroatoms. The number of amides is 3. The molecule has 6 nitrogen and oxygen atoms in total. The van der Waals surface area contributed by atoms with Crippen molar-refractivity contribution in [3.63, 3.8) is 0 Å². The largest absolute Gasteiger partial charge is 0.396 e. The van der Waals surface area contributed by atoms with Gasteiger partial charge in [-0.1, -0.05) is 0 Å². The number of aliphatic hydroxyl groups excluding tert-OH is 1. The SMILES string of the molecule is CN(C)C(=O)N1CCN(C(=O)CCCCO)CC1. The first-order chi connectivity index (χ1) is 8.56. The molecule has 0 unspecified atom stereocenters. The molecule has 0 saturated carbocycles. The molecular weight excluding hydrogens is 234 g/mol. The van der Waals surface area contributed by atoms with Crippen LogP contribution in [0.2, 0.25) is 0 Å². The Balaban J connectivity index is 2.30. The number of nitrogens with zero attached hydrogens (tertiary/aromatic N) is 3. The lowest BCUT2D eigenvalue weighted by Gasteiger charge is -2.36. The van der Waals surface area contributed by atoms with E-state index in [2.05, 4.69) is 0 Å². The maximum absolute atomic E-state index is 11.8. The third kappa shape index (κ3) is 4.18. The molecule has 1 heterocycles. The molecule has 1 rings (SSSR count). The zero-order valence-electron chi connectivity index (χ0n) is 11.3. The van der Waals surface area contributed by atoms with Crippen molar-refractivity contribution in [2.24, 2.45) is 0 Å². The third-order valence-electron chi connectivity index (χ3n) is 3.08. The van der Waals surface area contributed by atoms with Crippen LogP contribution in [0.5, 0.6) is 0 Å². The van der Waals surface area contributed by atoms with Gasteiger partial charge in [0.05, 0.1) is 0 Å². The molecule has 0 aromatic carbocycles. The fourth-order valence-corrected chi connectivity index (χ4v) is 1.98. The zero-order chi connectivity index (χ0) is 13.5. The molecule has 1 fully saturated rings. The van der Waals surface area contributed by atoms with Crippen molar-refractivity contribution in [3.05, 3.63) is 0 Å². The van der Waals surface area contributed by atoms with Crippen LogP contribution in [0.4, 0.5) is 4.79 Å². The molecule has 0 aromatic rings. The first kappa shape index (κ1) is 14.8. The second kappa shape index (κ2) is 7.20. The lowest BCUT2D eigenvalue weighted by molar-refractivity contribution is -0.132. The summed E-state index contributed by atoms with van der Waals surface area (Å²) in [5.74, 6) is 0.125. The molecule has 1 saturated heterocycles. The van der Waals surface area contributed by atoms with Gasteiger partial charge in [0.15, 0.2) is 0 Å². The van der Waals surface area contributed by atoms with E-state index in [-0.39, 0.29) is 18.5 Å². The number of hydrogen-bond acceptors (Lipinski definition) is 3. The smallest absolute Gasteiger partial charge is 0.319 e. The highest BCUT2D eigenvalue weighted by Crippen LogP contribution is 2.07. The van der Waals surface area contributed by atoms with Crippen LogP contribution in [-0.4, -0.2) is 78.6 Å². The highest BCUT2D eigenvalue weighted by molar-refractivity contribution is 5.77. The van der Waals surface area contributed by atoms with Crippen molar-refractivity contribution in [2.45, 2.75) is 19.3 Å². The molecule has 1 aliphatic heterocycles. The van der Waals surface area contributed by atoms with E-state index < -0.39 is 0 Å². The lowest BCUT2D eigenvalue weighted by atomic mass is 10.2. The van der Waals surface area contributed by atoms with Gasteiger partial charge in [0.2, 0.25) is 5.91 Å². The summed E-state index contributed by atoms with van der Waals surface area (Å²) in [4.78, 5) is 28.6. The lowest BCUT2D eigenvalue weighted by Crippen LogP contribution is -2.52. The second-order valence-corrected chi connectivity index (χ2v) is 4.73. The number of aliphatic hydroxyl groups is 1. The molecule has 1 N–H and O–H groups in total. The highest BCUT2D eigenvalue weighted by Gasteiger charge is 2.24. The topological polar surface area (TPSA) is 64.1 Å². The van der Waals surface area contributed by atoms with E-state index in [4.69, 9.17) is 5.11 Å². The van der Waals surface area contributed by atoms with Gasteiger partial charge in [0.1, 0.15) is 0 Å². The van der Waals surface area contributed by atoms with E-state index in [9.17, 15) is 9.59 Å². The van der Waals surface area contributed by atoms with Gasteiger partial charge in [-0.2, -0.15) is 0 Å². The molecule has 0 aromatic heterocycles. The molecular formula is C12H23N3O3. The van der Waals surface area contributed by atoms with Crippen molar-refractivity contribution in [1.82, 2.24) is 14.7 Å². The summed E-state index contributed by atoms with van der Waals surface area (Å²) in [6.45, 7) is 2.55. The van der Waals surface area contributed by atoms with Crippen LogP contribution >= 0.6 is 0 Å². The Morgan fingerprint density at radius 1 is 1.06 bits per heavy atom. The van der Waals surface area contributed by atoms with E-state index in [1.807, 2.05) is 0 Å². The summed E-state index contributed by atoms with van der Waals surface area (Å²) in [6.07, 6.45) is 1.89. The minimum Gasteiger partial charge on any atom is -0.396 e. The molecule has 0 aliphatic carbocycles. The Bertz CT molecular complexity index is 286. The van der Waals surface area contributed by atoms with E-state index in [1.165, 1.54) is 0 Å². The standard InChI is InChI=1S/C12H23N3O3/c1-13(2)12(18)15-8-6-14(7-9-15)11(17)5-3-4-10-16/h16H,3-10H2,1-2H3. The molecule has 3 amide bonds. The van der Waals surface area contributed by atoms with Gasteiger partial charge >= 0.3 is 6.03 Å². The number of unbranched alkanes of at least 4 members (excludes halogenated alkanes) is 1. The zero-order valence-corrected chi connectivity index (χ0v) is 11.3. The van der Waals surface area contributed by atoms with Gasteiger partial charge in [0, 0.05) is 53.3 Å². The number of carbonyl (C=O) groups is 2. The molecule has 104 valence electrons. The predicted molar refractivity (Wildman–Crippen MR) is 68.2 cm³/mol. The van der Waals surface area contributed by atoms with E-state index in [1.54, 1.807) is 28.8 Å². The molecule has 0 spiro atoms. The molecule has 0 bridgehead atoms. The Kier molecular flexibility index (Phi) is 5.91. The van der Waals surface area contributed by atoms with Crippen LogP contribution in [0.15, 0.2) is 0 Å². The van der Waals surface area contributed by atoms with Gasteiger partial charge < -0.3 is 19.8 Å². The van der Waals surface area contributed by atoms with Crippen molar-refractivity contribution in [1.29, 1.82) is 0 Å². The van der Waals surface area contributed by atoms with Crippen LogP contribution in [0, 0.1) is 0 Å². The van der Waals surface area contributed by atoms with Gasteiger partial charge in [0.25, 0.3) is 0 Å². The molecule has 0 radical (unpaired) electrons. The number of carbonyl (C=O) groups excluding carboxylic acids is 2. The summed E-state index contributed by atoms with van der Waals surface area (Å²) < 4.78 is 0. The number of urea groups is 1. The van der Waals surface area contributed by atoms with Crippen LogP contribution in [-0.2, 0) is 4.79 Å². The Morgan fingerprint density at radius 2 is 1.61 bits per heavy atom. The van der Waals surface area contributed by atoms with Crippen molar-refractivity contribution >= 4 is 11.9 Å². The van der Waals surface area contributed by atoms with Crippen LogP contribution in [0.3, 0.4) is 0 Å². The summed E-state index contributed by atoms with van der Waals surface area (Å²) in [7, 11) is 3.46. The normalized spacial score (nSPS) is 15.7. The van der Waals surface area contributed by atoms with E-state index in [0.29, 0.717) is 39.0 Å². The third-order valence-corrected chi connectivity index (χ3v) is 3.08. The average Bonchev–Trinajstić information content (AvgIpc) is 2.38. The predicted octanol–water partition coefficient (Wildman–Crippen LogP) is -0.0252. The van der Waals surface area contributed by atoms with Gasteiger partial charge in [-0.15, -0.1) is 0 Å². The minimum absolute atomic E-state index is 0.00220. The average molecular weight is 257 g/mol. The molecule has 18 heavy (non-hydrogen) atoms. The fourth-order valence-electron chi connectivity index (χ4n) is 1.98. The summed E-state index contributed by atoms with van der Waals surface area (Å²) >= 11 is 0. The van der Waals surface area contributed by atoms with Crippen molar-refractivity contribution in [2.75, 3.05) is 46.9 Å². The van der Waals surface area contributed by atoms with Gasteiger partial charge in [-0.05, 0) is 12.8 Å². The maximum atomic E-state index is 11.8. The van der Waals surface area contributed by atoms with Gasteiger partial charge in [-0.3, -0.25) is 4.79 Å². The molecule has 0 atom stereocenters. The van der Waals surface area contributed by atoms with E-state index >= 15 is 0 Å². The summed E-state index contributed by atoms with van der Waals surface area (Å²) in [5, 5.41) is 8.66. The molecule has 1 aliphatic rings. The van der Waals surface area contributed by atoms with Crippen LogP contribution in [0.25, 0.3) is 0 Å². The van der Waals surface area contributed by atoms with Crippen molar-refractivity contribution < 1.29 is 14.7 Å². The fraction of sp³-hybridized carbons (Fsp3) is 0.833. The maximum Gasteiger partial charge on any atom is 0.319 e. The quantitative estimate of drug-likeness (QED) is 0.720.